The molecule has 0 saturated carbocycles. The van der Waals surface area contributed by atoms with Gasteiger partial charge in [-0.25, -0.2) is 4.39 Å². The molecule has 3 rings (SSSR count). The van der Waals surface area contributed by atoms with Gasteiger partial charge in [-0.2, -0.15) is 0 Å². The summed E-state index contributed by atoms with van der Waals surface area (Å²) < 4.78 is 24.0. The first-order valence-electron chi connectivity index (χ1n) is 5.96. The van der Waals surface area contributed by atoms with Gasteiger partial charge < -0.3 is 9.15 Å². The highest BCUT2D eigenvalue weighted by Gasteiger charge is 2.07. The molecule has 0 bridgehead atoms. The van der Waals surface area contributed by atoms with Crippen LogP contribution in [0.25, 0.3) is 11.5 Å². The van der Waals surface area contributed by atoms with E-state index in [4.69, 9.17) is 9.15 Å². The van der Waals surface area contributed by atoms with Gasteiger partial charge in [0.25, 0.3) is 0 Å². The zero-order valence-electron chi connectivity index (χ0n) is 10.6. The van der Waals surface area contributed by atoms with Crippen molar-refractivity contribution in [3.05, 3.63) is 60.2 Å². The summed E-state index contributed by atoms with van der Waals surface area (Å²) in [5.74, 6) is 1.41. The van der Waals surface area contributed by atoms with Crippen molar-refractivity contribution in [2.24, 2.45) is 0 Å². The van der Waals surface area contributed by atoms with E-state index in [2.05, 4.69) is 16.3 Å². The minimum Gasteiger partial charge on any atom is -0.457 e. The van der Waals surface area contributed by atoms with Crippen LogP contribution in [-0.2, 0) is 0 Å². The van der Waals surface area contributed by atoms with E-state index in [9.17, 15) is 4.39 Å². The Labute approximate surface area is 114 Å². The number of nitrogens with zero attached hydrogens (tertiary/aromatic N) is 2. The molecule has 1 radical (unpaired) electrons. The SMILES string of the molecule is Cc1nnc(-c2cccc(Oc3cc[c]c(F)c3)c2)o1. The quantitative estimate of drug-likeness (QED) is 0.726. The molecule has 1 heterocycles. The average Bonchev–Trinajstić information content (AvgIpc) is 2.86. The van der Waals surface area contributed by atoms with Gasteiger partial charge in [-0.15, -0.1) is 10.2 Å². The van der Waals surface area contributed by atoms with Crippen LogP contribution in [0.1, 0.15) is 5.89 Å². The Morgan fingerprint density at radius 2 is 2.00 bits per heavy atom. The van der Waals surface area contributed by atoms with Gasteiger partial charge in [-0.1, -0.05) is 6.07 Å². The molecule has 2 aromatic carbocycles. The van der Waals surface area contributed by atoms with Crippen molar-refractivity contribution in [3.63, 3.8) is 0 Å². The van der Waals surface area contributed by atoms with Gasteiger partial charge in [0.15, 0.2) is 0 Å². The second-order valence-corrected chi connectivity index (χ2v) is 4.13. The van der Waals surface area contributed by atoms with E-state index in [0.717, 1.165) is 5.56 Å². The Morgan fingerprint density at radius 1 is 1.15 bits per heavy atom. The lowest BCUT2D eigenvalue weighted by Gasteiger charge is -2.06. The maximum atomic E-state index is 13.0. The molecule has 0 aliphatic carbocycles. The van der Waals surface area contributed by atoms with Gasteiger partial charge in [0.05, 0.1) is 0 Å². The Bertz CT molecular complexity index is 740. The maximum absolute atomic E-state index is 13.0. The lowest BCUT2D eigenvalue weighted by atomic mass is 10.2. The highest BCUT2D eigenvalue weighted by Crippen LogP contribution is 2.26. The molecule has 0 saturated heterocycles. The average molecular weight is 269 g/mol. The predicted molar refractivity (Wildman–Crippen MR) is 69.8 cm³/mol. The number of aromatic nitrogens is 2. The van der Waals surface area contributed by atoms with E-state index in [-0.39, 0.29) is 0 Å². The van der Waals surface area contributed by atoms with Crippen molar-refractivity contribution >= 4 is 0 Å². The molecular weight excluding hydrogens is 259 g/mol. The summed E-state index contributed by atoms with van der Waals surface area (Å²) in [5.41, 5.74) is 0.742. The Balaban J connectivity index is 1.88. The van der Waals surface area contributed by atoms with Crippen LogP contribution in [0.3, 0.4) is 0 Å². The lowest BCUT2D eigenvalue weighted by Crippen LogP contribution is -1.86. The Morgan fingerprint density at radius 3 is 2.75 bits per heavy atom. The fraction of sp³-hybridized carbons (Fsp3) is 0.0667. The molecule has 0 unspecified atom stereocenters. The normalized spacial score (nSPS) is 10.5. The Kier molecular flexibility index (Phi) is 3.16. The van der Waals surface area contributed by atoms with Crippen LogP contribution in [0.4, 0.5) is 4.39 Å². The summed E-state index contributed by atoms with van der Waals surface area (Å²) in [7, 11) is 0. The van der Waals surface area contributed by atoms with E-state index in [0.29, 0.717) is 23.3 Å². The van der Waals surface area contributed by atoms with Crippen molar-refractivity contribution < 1.29 is 13.5 Å². The van der Waals surface area contributed by atoms with Crippen LogP contribution >= 0.6 is 0 Å². The zero-order valence-corrected chi connectivity index (χ0v) is 10.6. The molecule has 3 aromatic rings. The van der Waals surface area contributed by atoms with Crippen LogP contribution in [-0.4, -0.2) is 10.2 Å². The summed E-state index contributed by atoms with van der Waals surface area (Å²) in [6, 6.07) is 13.9. The number of aryl methyl sites for hydroxylation is 1. The van der Waals surface area contributed by atoms with Crippen LogP contribution in [0.2, 0.25) is 0 Å². The summed E-state index contributed by atoms with van der Waals surface area (Å²) in [5, 5.41) is 7.72. The summed E-state index contributed by atoms with van der Waals surface area (Å²) in [4.78, 5) is 0. The van der Waals surface area contributed by atoms with Gasteiger partial charge in [0.1, 0.15) is 17.3 Å². The highest BCUT2D eigenvalue weighted by atomic mass is 19.1. The van der Waals surface area contributed by atoms with E-state index in [1.165, 1.54) is 12.1 Å². The first-order chi connectivity index (χ1) is 9.70. The topological polar surface area (TPSA) is 48.2 Å². The molecule has 99 valence electrons. The monoisotopic (exact) mass is 269 g/mol. The Hall–Kier alpha value is -2.69. The molecule has 4 nitrogen and oxygen atoms in total. The smallest absolute Gasteiger partial charge is 0.247 e. The number of halogens is 1. The number of ether oxygens (including phenoxy) is 1. The van der Waals surface area contributed by atoms with Crippen LogP contribution < -0.4 is 4.74 Å². The number of hydrogen-bond donors (Lipinski definition) is 0. The van der Waals surface area contributed by atoms with E-state index in [1.54, 1.807) is 31.2 Å². The molecule has 20 heavy (non-hydrogen) atoms. The van der Waals surface area contributed by atoms with Crippen LogP contribution in [0, 0.1) is 18.8 Å². The highest BCUT2D eigenvalue weighted by molar-refractivity contribution is 5.55. The molecule has 0 spiro atoms. The van der Waals surface area contributed by atoms with Gasteiger partial charge in [-0.05, 0) is 30.3 Å². The molecule has 0 aliphatic rings. The fourth-order valence-corrected chi connectivity index (χ4v) is 1.72. The molecule has 0 N–H and O–H groups in total. The van der Waals surface area contributed by atoms with Gasteiger partial charge in [-0.3, -0.25) is 0 Å². The van der Waals surface area contributed by atoms with Crippen molar-refractivity contribution in [2.75, 3.05) is 0 Å². The van der Waals surface area contributed by atoms with Gasteiger partial charge >= 0.3 is 0 Å². The van der Waals surface area contributed by atoms with E-state index >= 15 is 0 Å². The lowest BCUT2D eigenvalue weighted by molar-refractivity contribution is 0.476. The second-order valence-electron chi connectivity index (χ2n) is 4.13. The second kappa shape index (κ2) is 5.13. The van der Waals surface area contributed by atoms with Crippen molar-refractivity contribution in [2.45, 2.75) is 6.92 Å². The van der Waals surface area contributed by atoms with E-state index in [1.807, 2.05) is 6.07 Å². The molecule has 0 amide bonds. The molecule has 1 aromatic heterocycles. The largest absolute Gasteiger partial charge is 0.457 e. The predicted octanol–water partition coefficient (Wildman–Crippen LogP) is 3.78. The van der Waals surface area contributed by atoms with E-state index < -0.39 is 5.82 Å². The van der Waals surface area contributed by atoms with Gasteiger partial charge in [0.2, 0.25) is 11.8 Å². The molecule has 5 heteroatoms. The van der Waals surface area contributed by atoms with Crippen molar-refractivity contribution in [1.82, 2.24) is 10.2 Å². The number of benzene rings is 2. The molecule has 0 atom stereocenters. The van der Waals surface area contributed by atoms with Gasteiger partial charge in [0, 0.05) is 24.6 Å². The van der Waals surface area contributed by atoms with Crippen LogP contribution in [0.15, 0.2) is 46.9 Å². The third-order valence-electron chi connectivity index (χ3n) is 2.58. The standard InChI is InChI=1S/C15H10FN2O2/c1-10-17-18-15(19-10)11-4-2-6-13(8-11)20-14-7-3-5-12(16)9-14/h2-4,6-9H,1H3. The minimum atomic E-state index is -0.466. The maximum Gasteiger partial charge on any atom is 0.247 e. The fourth-order valence-electron chi connectivity index (χ4n) is 1.72. The third-order valence-corrected chi connectivity index (χ3v) is 2.58. The molecule has 0 fully saturated rings. The minimum absolute atomic E-state index is 0.403. The summed E-state index contributed by atoms with van der Waals surface area (Å²) in [6.45, 7) is 1.72. The molecule has 0 aliphatic heterocycles. The first kappa shape index (κ1) is 12.3. The number of hydrogen-bond acceptors (Lipinski definition) is 4. The number of rotatable bonds is 3. The van der Waals surface area contributed by atoms with Crippen molar-refractivity contribution in [1.29, 1.82) is 0 Å². The third kappa shape index (κ3) is 2.66. The first-order valence-corrected chi connectivity index (χ1v) is 5.96. The van der Waals surface area contributed by atoms with Crippen molar-refractivity contribution in [3.8, 4) is 23.0 Å². The summed E-state index contributed by atoms with van der Waals surface area (Å²) in [6.07, 6.45) is 0. The summed E-state index contributed by atoms with van der Waals surface area (Å²) >= 11 is 0. The van der Waals surface area contributed by atoms with Crippen LogP contribution in [0.5, 0.6) is 11.5 Å². The zero-order chi connectivity index (χ0) is 13.9. The molecular formula is C15H10FN2O2.